The molecular weight excluding hydrogens is 416 g/mol. The average molecular weight is 439 g/mol. The highest BCUT2D eigenvalue weighted by Gasteiger charge is 2.23. The number of H-pyrrole nitrogens is 1. The number of hydrogen-bond acceptors (Lipinski definition) is 3. The highest BCUT2D eigenvalue weighted by Crippen LogP contribution is 2.24. The fourth-order valence-corrected chi connectivity index (χ4v) is 4.06. The molecule has 2 aromatic carbocycles. The van der Waals surface area contributed by atoms with Gasteiger partial charge in [0, 0.05) is 29.7 Å². The molecule has 0 radical (unpaired) electrons. The highest BCUT2D eigenvalue weighted by molar-refractivity contribution is 9.10. The Morgan fingerprint density at radius 3 is 2.79 bits per heavy atom. The van der Waals surface area contributed by atoms with Crippen LogP contribution < -0.4 is 10.2 Å². The van der Waals surface area contributed by atoms with E-state index in [0.29, 0.717) is 6.42 Å². The summed E-state index contributed by atoms with van der Waals surface area (Å²) in [4.78, 5) is 14.7. The number of amides is 1. The second kappa shape index (κ2) is 8.61. The monoisotopic (exact) mass is 438 g/mol. The second-order valence-corrected chi connectivity index (χ2v) is 7.98. The van der Waals surface area contributed by atoms with Crippen molar-refractivity contribution in [1.29, 1.82) is 0 Å². The molecule has 4 rings (SSSR count). The number of carbonyl (C=O) groups is 1. The number of anilines is 1. The smallest absolute Gasteiger partial charge is 0.224 e. The number of benzene rings is 2. The van der Waals surface area contributed by atoms with Gasteiger partial charge >= 0.3 is 0 Å². The number of nitrogens with one attached hydrogen (secondary N) is 2. The summed E-state index contributed by atoms with van der Waals surface area (Å²) in [6.45, 7) is 1.73. The van der Waals surface area contributed by atoms with Gasteiger partial charge in [0.25, 0.3) is 0 Å². The molecule has 1 aromatic heterocycles. The lowest BCUT2D eigenvalue weighted by Crippen LogP contribution is -2.48. The lowest BCUT2D eigenvalue weighted by atomic mass is 10.0. The lowest BCUT2D eigenvalue weighted by Gasteiger charge is -2.33. The summed E-state index contributed by atoms with van der Waals surface area (Å²) in [6, 6.07) is 20.3. The minimum absolute atomic E-state index is 0.0609. The van der Waals surface area contributed by atoms with Crippen LogP contribution in [0.5, 0.6) is 0 Å². The highest BCUT2D eigenvalue weighted by atomic mass is 79.9. The average Bonchev–Trinajstić information content (AvgIpc) is 3.21. The Labute approximate surface area is 173 Å². The molecule has 1 saturated heterocycles. The third kappa shape index (κ3) is 4.44. The van der Waals surface area contributed by atoms with Crippen LogP contribution in [0.25, 0.3) is 11.3 Å². The summed E-state index contributed by atoms with van der Waals surface area (Å²) < 4.78 is 0.973. The van der Waals surface area contributed by atoms with Crippen LogP contribution in [0.15, 0.2) is 65.1 Å². The van der Waals surface area contributed by atoms with Crippen molar-refractivity contribution in [3.05, 3.63) is 70.7 Å². The Balaban J connectivity index is 1.37. The summed E-state index contributed by atoms with van der Waals surface area (Å²) in [5.41, 5.74) is 3.14. The first-order valence-corrected chi connectivity index (χ1v) is 10.4. The van der Waals surface area contributed by atoms with Crippen LogP contribution in [-0.2, 0) is 11.2 Å². The molecule has 1 amide bonds. The molecule has 1 unspecified atom stereocenters. The number of nitrogens with zero attached hydrogens (tertiary/aromatic N) is 2. The van der Waals surface area contributed by atoms with Crippen LogP contribution in [0, 0.1) is 0 Å². The molecule has 1 fully saturated rings. The van der Waals surface area contributed by atoms with E-state index in [1.54, 1.807) is 0 Å². The fourth-order valence-electron chi connectivity index (χ4n) is 3.64. The summed E-state index contributed by atoms with van der Waals surface area (Å²) in [5.74, 6) is 0.995. The topological polar surface area (TPSA) is 61.0 Å². The number of hydrogen-bond donors (Lipinski definition) is 2. The zero-order chi connectivity index (χ0) is 19.3. The van der Waals surface area contributed by atoms with E-state index < -0.39 is 0 Å². The number of rotatable bonds is 5. The molecule has 1 aliphatic rings. The van der Waals surface area contributed by atoms with Crippen molar-refractivity contribution < 1.29 is 4.79 Å². The number of halogens is 1. The maximum absolute atomic E-state index is 12.5. The van der Waals surface area contributed by atoms with E-state index in [4.69, 9.17) is 0 Å². The van der Waals surface area contributed by atoms with Crippen molar-refractivity contribution in [3.63, 3.8) is 0 Å². The first kappa shape index (κ1) is 18.7. The Hall–Kier alpha value is -2.60. The third-order valence-electron chi connectivity index (χ3n) is 5.07. The van der Waals surface area contributed by atoms with Gasteiger partial charge in [-0.15, -0.1) is 0 Å². The van der Waals surface area contributed by atoms with Gasteiger partial charge < -0.3 is 10.2 Å². The molecule has 28 heavy (non-hydrogen) atoms. The van der Waals surface area contributed by atoms with Crippen molar-refractivity contribution >= 4 is 27.7 Å². The number of piperidine rings is 1. The van der Waals surface area contributed by atoms with Crippen LogP contribution in [0.2, 0.25) is 0 Å². The molecule has 144 valence electrons. The van der Waals surface area contributed by atoms with E-state index >= 15 is 0 Å². The molecule has 0 bridgehead atoms. The van der Waals surface area contributed by atoms with Crippen LogP contribution in [0.1, 0.15) is 18.4 Å². The van der Waals surface area contributed by atoms with Gasteiger partial charge in [-0.25, -0.2) is 0 Å². The minimum Gasteiger partial charge on any atom is -0.353 e. The Kier molecular flexibility index (Phi) is 5.76. The fraction of sp³-hybridized carbons (Fsp3) is 0.273. The molecule has 0 aliphatic carbocycles. The first-order chi connectivity index (χ1) is 13.7. The Bertz CT molecular complexity index is 940. The molecular formula is C22H23BrN4O. The van der Waals surface area contributed by atoms with Gasteiger partial charge in [-0.05, 0) is 30.0 Å². The molecule has 2 heterocycles. The SMILES string of the molecule is O=C(Cc1ccccc1Br)NC1CCCN(c2cc(-c3ccccc3)[nH]n2)C1. The van der Waals surface area contributed by atoms with Gasteiger partial charge in [0.2, 0.25) is 5.91 Å². The van der Waals surface area contributed by atoms with Crippen LogP contribution in [0.3, 0.4) is 0 Å². The maximum Gasteiger partial charge on any atom is 0.224 e. The van der Waals surface area contributed by atoms with Gasteiger partial charge in [0.15, 0.2) is 5.82 Å². The quantitative estimate of drug-likeness (QED) is 0.628. The van der Waals surface area contributed by atoms with Gasteiger partial charge in [-0.1, -0.05) is 64.5 Å². The molecule has 0 spiro atoms. The van der Waals surface area contributed by atoms with Crippen LogP contribution in [-0.4, -0.2) is 35.2 Å². The summed E-state index contributed by atoms with van der Waals surface area (Å²) in [7, 11) is 0. The van der Waals surface area contributed by atoms with Crippen molar-refractivity contribution in [2.24, 2.45) is 0 Å². The number of aromatic nitrogens is 2. The Morgan fingerprint density at radius 1 is 1.18 bits per heavy atom. The molecule has 1 aliphatic heterocycles. The van der Waals surface area contributed by atoms with E-state index in [-0.39, 0.29) is 11.9 Å². The van der Waals surface area contributed by atoms with Gasteiger partial charge in [0.1, 0.15) is 0 Å². The van der Waals surface area contributed by atoms with Crippen molar-refractivity contribution in [2.45, 2.75) is 25.3 Å². The van der Waals surface area contributed by atoms with E-state index in [2.05, 4.69) is 54.5 Å². The molecule has 5 nitrogen and oxygen atoms in total. The summed E-state index contributed by atoms with van der Waals surface area (Å²) >= 11 is 3.51. The predicted octanol–water partition coefficient (Wildman–Crippen LogP) is 4.17. The van der Waals surface area contributed by atoms with E-state index in [9.17, 15) is 4.79 Å². The Morgan fingerprint density at radius 2 is 1.96 bits per heavy atom. The largest absolute Gasteiger partial charge is 0.353 e. The van der Waals surface area contributed by atoms with Crippen molar-refractivity contribution in [3.8, 4) is 11.3 Å². The number of aromatic amines is 1. The zero-order valence-corrected chi connectivity index (χ0v) is 17.2. The normalized spacial score (nSPS) is 16.8. The van der Waals surface area contributed by atoms with Gasteiger partial charge in [0.05, 0.1) is 12.1 Å². The minimum atomic E-state index is 0.0609. The second-order valence-electron chi connectivity index (χ2n) is 7.13. The zero-order valence-electron chi connectivity index (χ0n) is 15.6. The van der Waals surface area contributed by atoms with Crippen molar-refractivity contribution in [2.75, 3.05) is 18.0 Å². The molecule has 0 saturated carbocycles. The molecule has 1 atom stereocenters. The van der Waals surface area contributed by atoms with E-state index in [1.165, 1.54) is 0 Å². The van der Waals surface area contributed by atoms with Crippen LogP contribution >= 0.6 is 15.9 Å². The summed E-state index contributed by atoms with van der Waals surface area (Å²) in [5, 5.41) is 10.8. The van der Waals surface area contributed by atoms with Crippen LogP contribution in [0.4, 0.5) is 5.82 Å². The molecule has 6 heteroatoms. The molecule has 3 aromatic rings. The van der Waals surface area contributed by atoms with E-state index in [0.717, 1.165) is 53.0 Å². The summed E-state index contributed by atoms with van der Waals surface area (Å²) in [6.07, 6.45) is 2.42. The standard InChI is InChI=1S/C22H23BrN4O/c23-19-11-5-4-9-17(19)13-22(28)24-18-10-6-12-27(15-18)21-14-20(25-26-21)16-7-2-1-3-8-16/h1-5,7-9,11,14,18H,6,10,12-13,15H2,(H,24,28)(H,25,26). The van der Waals surface area contributed by atoms with E-state index in [1.807, 2.05) is 42.5 Å². The number of carbonyl (C=O) groups excluding carboxylic acids is 1. The maximum atomic E-state index is 12.5. The first-order valence-electron chi connectivity index (χ1n) is 9.57. The predicted molar refractivity (Wildman–Crippen MR) is 115 cm³/mol. The van der Waals surface area contributed by atoms with Gasteiger partial charge in [-0.2, -0.15) is 5.10 Å². The third-order valence-corrected chi connectivity index (χ3v) is 5.84. The van der Waals surface area contributed by atoms with Gasteiger partial charge in [-0.3, -0.25) is 9.89 Å². The molecule has 2 N–H and O–H groups in total. The lowest BCUT2D eigenvalue weighted by molar-refractivity contribution is -0.121. The van der Waals surface area contributed by atoms with Crippen molar-refractivity contribution in [1.82, 2.24) is 15.5 Å².